The zero-order chi connectivity index (χ0) is 14.8. The average molecular weight is 296 g/mol. The maximum atomic E-state index is 12.4. The zero-order valence-electron chi connectivity index (χ0n) is 11.9. The molecule has 0 aliphatic carbocycles. The van der Waals surface area contributed by atoms with Gasteiger partial charge in [0.1, 0.15) is 0 Å². The van der Waals surface area contributed by atoms with E-state index in [0.29, 0.717) is 24.2 Å². The largest absolute Gasteiger partial charge is 0.336 e. The highest BCUT2D eigenvalue weighted by atomic mass is 32.2. The van der Waals surface area contributed by atoms with Crippen molar-refractivity contribution in [3.63, 3.8) is 0 Å². The van der Waals surface area contributed by atoms with Gasteiger partial charge in [-0.3, -0.25) is 4.79 Å². The van der Waals surface area contributed by atoms with Gasteiger partial charge in [-0.05, 0) is 24.7 Å². The van der Waals surface area contributed by atoms with Crippen molar-refractivity contribution in [2.75, 3.05) is 39.5 Å². The second-order valence-electron chi connectivity index (χ2n) is 5.37. The number of rotatable bonds is 3. The minimum Gasteiger partial charge on any atom is -0.336 e. The molecule has 110 valence electrons. The predicted octanol–water partition coefficient (Wildman–Crippen LogP) is 0.619. The van der Waals surface area contributed by atoms with Crippen LogP contribution >= 0.6 is 0 Å². The third-order valence-corrected chi connectivity index (χ3v) is 4.25. The highest BCUT2D eigenvalue weighted by molar-refractivity contribution is 7.89. The Morgan fingerprint density at radius 3 is 2.45 bits per heavy atom. The number of benzene rings is 1. The van der Waals surface area contributed by atoms with Gasteiger partial charge in [0.25, 0.3) is 5.91 Å². The van der Waals surface area contributed by atoms with Crippen molar-refractivity contribution in [1.82, 2.24) is 9.80 Å². The number of amides is 1. The van der Waals surface area contributed by atoms with Crippen molar-refractivity contribution in [1.29, 1.82) is 0 Å². The van der Waals surface area contributed by atoms with Crippen molar-refractivity contribution < 1.29 is 13.2 Å². The van der Waals surface area contributed by atoms with E-state index in [1.807, 2.05) is 11.9 Å². The number of likely N-dealkylation sites (N-methyl/N-ethyl adjacent to an activating group) is 1. The van der Waals surface area contributed by atoms with E-state index in [1.165, 1.54) is 6.26 Å². The fourth-order valence-corrected chi connectivity index (χ4v) is 3.07. The standard InChI is InChI=1S/C14H20N2O3S/c1-15-6-8-16(9-7-15)14(17)13-5-3-4-12(10-13)11-20(2,18)19/h3-5,10H,6-9,11H2,1-2H3. The molecule has 1 saturated heterocycles. The van der Waals surface area contributed by atoms with Crippen LogP contribution in [0.5, 0.6) is 0 Å². The van der Waals surface area contributed by atoms with Gasteiger partial charge >= 0.3 is 0 Å². The van der Waals surface area contributed by atoms with Crippen LogP contribution in [-0.4, -0.2) is 63.6 Å². The summed E-state index contributed by atoms with van der Waals surface area (Å²) >= 11 is 0. The summed E-state index contributed by atoms with van der Waals surface area (Å²) in [5.74, 6) is -0.0508. The molecule has 0 atom stereocenters. The van der Waals surface area contributed by atoms with Crippen LogP contribution in [-0.2, 0) is 15.6 Å². The fraction of sp³-hybridized carbons (Fsp3) is 0.500. The molecule has 5 nitrogen and oxygen atoms in total. The molecule has 0 unspecified atom stereocenters. The van der Waals surface area contributed by atoms with E-state index in [1.54, 1.807) is 24.3 Å². The second-order valence-corrected chi connectivity index (χ2v) is 7.51. The Hall–Kier alpha value is -1.40. The summed E-state index contributed by atoms with van der Waals surface area (Å²) in [5.41, 5.74) is 1.23. The second kappa shape index (κ2) is 5.93. The van der Waals surface area contributed by atoms with E-state index in [4.69, 9.17) is 0 Å². The molecule has 2 rings (SSSR count). The van der Waals surface area contributed by atoms with Crippen molar-refractivity contribution in [2.24, 2.45) is 0 Å². The minimum atomic E-state index is -3.08. The first-order valence-corrected chi connectivity index (χ1v) is 8.66. The molecule has 1 fully saturated rings. The molecular formula is C14H20N2O3S. The Balaban J connectivity index is 2.12. The van der Waals surface area contributed by atoms with E-state index < -0.39 is 9.84 Å². The predicted molar refractivity (Wildman–Crippen MR) is 78.4 cm³/mol. The molecule has 0 aromatic heterocycles. The van der Waals surface area contributed by atoms with Gasteiger partial charge in [-0.15, -0.1) is 0 Å². The first kappa shape index (κ1) is 15.0. The molecule has 1 aromatic rings. The Morgan fingerprint density at radius 1 is 1.20 bits per heavy atom. The lowest BCUT2D eigenvalue weighted by Crippen LogP contribution is -2.47. The van der Waals surface area contributed by atoms with Crippen molar-refractivity contribution in [3.8, 4) is 0 Å². The van der Waals surface area contributed by atoms with Crippen molar-refractivity contribution in [2.45, 2.75) is 5.75 Å². The monoisotopic (exact) mass is 296 g/mol. The van der Waals surface area contributed by atoms with Crippen molar-refractivity contribution >= 4 is 15.7 Å². The van der Waals surface area contributed by atoms with E-state index in [-0.39, 0.29) is 11.7 Å². The molecular weight excluding hydrogens is 276 g/mol. The van der Waals surface area contributed by atoms with E-state index >= 15 is 0 Å². The summed E-state index contributed by atoms with van der Waals surface area (Å²) in [6, 6.07) is 6.90. The van der Waals surface area contributed by atoms with E-state index in [2.05, 4.69) is 4.90 Å². The van der Waals surface area contributed by atoms with Gasteiger partial charge in [-0.2, -0.15) is 0 Å². The molecule has 1 aliphatic heterocycles. The molecule has 0 spiro atoms. The number of nitrogens with zero attached hydrogens (tertiary/aromatic N) is 2. The van der Waals surface area contributed by atoms with E-state index in [9.17, 15) is 13.2 Å². The molecule has 1 aliphatic rings. The van der Waals surface area contributed by atoms with Crippen LogP contribution in [0.4, 0.5) is 0 Å². The maximum Gasteiger partial charge on any atom is 0.253 e. The summed E-state index contributed by atoms with van der Waals surface area (Å²) in [6.45, 7) is 3.17. The number of hydrogen-bond donors (Lipinski definition) is 0. The summed E-state index contributed by atoms with van der Waals surface area (Å²) in [4.78, 5) is 16.4. The van der Waals surface area contributed by atoms with Gasteiger partial charge in [0.2, 0.25) is 0 Å². The Kier molecular flexibility index (Phi) is 4.45. The van der Waals surface area contributed by atoms with Gasteiger partial charge in [0.15, 0.2) is 9.84 Å². The molecule has 0 N–H and O–H groups in total. The first-order chi connectivity index (χ1) is 9.35. The Morgan fingerprint density at radius 2 is 1.85 bits per heavy atom. The fourth-order valence-electron chi connectivity index (χ4n) is 2.29. The van der Waals surface area contributed by atoms with Gasteiger partial charge in [0.05, 0.1) is 5.75 Å². The SMILES string of the molecule is CN1CCN(C(=O)c2cccc(CS(C)(=O)=O)c2)CC1. The summed E-state index contributed by atoms with van der Waals surface area (Å²) in [7, 11) is -1.05. The zero-order valence-corrected chi connectivity index (χ0v) is 12.7. The Labute approximate surface area is 120 Å². The summed E-state index contributed by atoms with van der Waals surface area (Å²) in [6.07, 6.45) is 1.20. The number of carbonyl (C=O) groups is 1. The smallest absolute Gasteiger partial charge is 0.253 e. The molecule has 1 amide bonds. The van der Waals surface area contributed by atoms with Crippen molar-refractivity contribution in [3.05, 3.63) is 35.4 Å². The molecule has 1 heterocycles. The maximum absolute atomic E-state index is 12.4. The average Bonchev–Trinajstić information content (AvgIpc) is 2.37. The number of hydrogen-bond acceptors (Lipinski definition) is 4. The molecule has 6 heteroatoms. The van der Waals surface area contributed by atoms with Crippen LogP contribution in [0.25, 0.3) is 0 Å². The van der Waals surface area contributed by atoms with E-state index in [0.717, 1.165) is 13.1 Å². The lowest BCUT2D eigenvalue weighted by atomic mass is 10.1. The van der Waals surface area contributed by atoms with Crippen LogP contribution in [0.3, 0.4) is 0 Å². The van der Waals surface area contributed by atoms with Gasteiger partial charge in [0, 0.05) is 38.0 Å². The third-order valence-electron chi connectivity index (χ3n) is 3.39. The summed E-state index contributed by atoms with van der Waals surface area (Å²) in [5, 5.41) is 0. The van der Waals surface area contributed by atoms with Crippen LogP contribution in [0.1, 0.15) is 15.9 Å². The highest BCUT2D eigenvalue weighted by Gasteiger charge is 2.20. The van der Waals surface area contributed by atoms with Gasteiger partial charge < -0.3 is 9.80 Å². The normalized spacial score (nSPS) is 17.2. The minimum absolute atomic E-state index is 0.0200. The van der Waals surface area contributed by atoms with Gasteiger partial charge in [-0.25, -0.2) is 8.42 Å². The van der Waals surface area contributed by atoms with Crippen LogP contribution in [0, 0.1) is 0 Å². The number of carbonyl (C=O) groups excluding carboxylic acids is 1. The molecule has 0 bridgehead atoms. The third kappa shape index (κ3) is 4.05. The number of piperazine rings is 1. The molecule has 0 saturated carbocycles. The molecule has 0 radical (unpaired) electrons. The lowest BCUT2D eigenvalue weighted by molar-refractivity contribution is 0.0664. The Bertz CT molecular complexity index is 590. The van der Waals surface area contributed by atoms with Crippen LogP contribution < -0.4 is 0 Å². The lowest BCUT2D eigenvalue weighted by Gasteiger charge is -2.32. The number of sulfone groups is 1. The first-order valence-electron chi connectivity index (χ1n) is 6.60. The topological polar surface area (TPSA) is 57.7 Å². The summed E-state index contributed by atoms with van der Waals surface area (Å²) < 4.78 is 22.6. The van der Waals surface area contributed by atoms with Crippen LogP contribution in [0.15, 0.2) is 24.3 Å². The molecule has 1 aromatic carbocycles. The quantitative estimate of drug-likeness (QED) is 0.820. The molecule has 20 heavy (non-hydrogen) atoms. The van der Waals surface area contributed by atoms with Crippen LogP contribution in [0.2, 0.25) is 0 Å². The van der Waals surface area contributed by atoms with Gasteiger partial charge in [-0.1, -0.05) is 12.1 Å². The highest BCUT2D eigenvalue weighted by Crippen LogP contribution is 2.12.